The predicted octanol–water partition coefficient (Wildman–Crippen LogP) is 2.48. The van der Waals surface area contributed by atoms with Crippen LogP contribution in [0.4, 0.5) is 0 Å². The van der Waals surface area contributed by atoms with Gasteiger partial charge in [-0.25, -0.2) is 0 Å². The minimum absolute atomic E-state index is 0.122. The molecule has 2 atom stereocenters. The lowest BCUT2D eigenvalue weighted by molar-refractivity contribution is -0.163. The highest BCUT2D eigenvalue weighted by Gasteiger charge is 2.33. The van der Waals surface area contributed by atoms with Crippen molar-refractivity contribution in [3.8, 4) is 0 Å². The van der Waals surface area contributed by atoms with Gasteiger partial charge in [0.25, 0.3) is 0 Å². The van der Waals surface area contributed by atoms with Crippen LogP contribution in [0.3, 0.4) is 0 Å². The van der Waals surface area contributed by atoms with Gasteiger partial charge in [0.1, 0.15) is 6.10 Å². The van der Waals surface area contributed by atoms with Crippen molar-refractivity contribution in [1.29, 1.82) is 0 Å². The van der Waals surface area contributed by atoms with Gasteiger partial charge in [0.2, 0.25) is 0 Å². The average molecular weight is 227 g/mol. The summed E-state index contributed by atoms with van der Waals surface area (Å²) in [5.41, 5.74) is 5.03. The molecule has 2 N–H and O–H groups in total. The van der Waals surface area contributed by atoms with Crippen LogP contribution in [0.2, 0.25) is 0 Å². The molecule has 0 radical (unpaired) electrons. The summed E-state index contributed by atoms with van der Waals surface area (Å²) in [5, 5.41) is 0. The van der Waals surface area contributed by atoms with Crippen molar-refractivity contribution in [2.45, 2.75) is 59.0 Å². The maximum atomic E-state index is 11.9. The molecular formula is C13H25NO2. The first-order valence-corrected chi connectivity index (χ1v) is 6.42. The van der Waals surface area contributed by atoms with E-state index in [1.807, 2.05) is 13.8 Å². The molecule has 1 aliphatic carbocycles. The molecule has 0 aromatic carbocycles. The molecule has 0 aliphatic heterocycles. The zero-order valence-corrected chi connectivity index (χ0v) is 10.8. The SMILES string of the molecule is CCC1CCCCC1OC(=O)C(C)(C)CN. The number of hydrogen-bond donors (Lipinski definition) is 1. The Balaban J connectivity index is 2.54. The molecule has 0 heterocycles. The van der Waals surface area contributed by atoms with Crippen LogP contribution >= 0.6 is 0 Å². The molecule has 16 heavy (non-hydrogen) atoms. The number of ether oxygens (including phenoxy) is 1. The first-order valence-electron chi connectivity index (χ1n) is 6.42. The van der Waals surface area contributed by atoms with Crippen LogP contribution in [0, 0.1) is 11.3 Å². The van der Waals surface area contributed by atoms with E-state index in [0.29, 0.717) is 12.5 Å². The number of carbonyl (C=O) groups excluding carboxylic acids is 1. The van der Waals surface area contributed by atoms with Crippen molar-refractivity contribution < 1.29 is 9.53 Å². The summed E-state index contributed by atoms with van der Waals surface area (Å²) in [4.78, 5) is 11.9. The fraction of sp³-hybridized carbons (Fsp3) is 0.923. The average Bonchev–Trinajstić information content (AvgIpc) is 2.29. The molecule has 1 saturated carbocycles. The van der Waals surface area contributed by atoms with Crippen LogP contribution < -0.4 is 5.73 Å². The van der Waals surface area contributed by atoms with E-state index in [9.17, 15) is 4.79 Å². The van der Waals surface area contributed by atoms with Crippen molar-refractivity contribution in [3.05, 3.63) is 0 Å². The summed E-state index contributed by atoms with van der Waals surface area (Å²) in [6.45, 7) is 6.21. The van der Waals surface area contributed by atoms with E-state index < -0.39 is 5.41 Å². The summed E-state index contributed by atoms with van der Waals surface area (Å²) in [6.07, 6.45) is 5.88. The molecule has 0 aromatic heterocycles. The second-order valence-electron chi connectivity index (χ2n) is 5.48. The molecular weight excluding hydrogens is 202 g/mol. The lowest BCUT2D eigenvalue weighted by Gasteiger charge is -2.33. The van der Waals surface area contributed by atoms with Crippen LogP contribution in [-0.2, 0) is 9.53 Å². The van der Waals surface area contributed by atoms with Crippen LogP contribution in [-0.4, -0.2) is 18.6 Å². The van der Waals surface area contributed by atoms with Crippen molar-refractivity contribution in [2.24, 2.45) is 17.1 Å². The third-order valence-corrected chi connectivity index (χ3v) is 3.69. The number of esters is 1. The van der Waals surface area contributed by atoms with Gasteiger partial charge in [-0.1, -0.05) is 13.3 Å². The van der Waals surface area contributed by atoms with E-state index >= 15 is 0 Å². The van der Waals surface area contributed by atoms with Gasteiger partial charge in [-0.05, 0) is 45.4 Å². The normalized spacial score (nSPS) is 26.5. The molecule has 0 spiro atoms. The minimum atomic E-state index is -0.546. The van der Waals surface area contributed by atoms with Gasteiger partial charge in [-0.2, -0.15) is 0 Å². The van der Waals surface area contributed by atoms with Crippen molar-refractivity contribution in [1.82, 2.24) is 0 Å². The van der Waals surface area contributed by atoms with Gasteiger partial charge >= 0.3 is 5.97 Å². The molecule has 0 aromatic rings. The van der Waals surface area contributed by atoms with Crippen molar-refractivity contribution >= 4 is 5.97 Å². The van der Waals surface area contributed by atoms with Crippen LogP contribution in [0.15, 0.2) is 0 Å². The monoisotopic (exact) mass is 227 g/mol. The molecule has 0 bridgehead atoms. The molecule has 94 valence electrons. The van der Waals surface area contributed by atoms with Crippen molar-refractivity contribution in [2.75, 3.05) is 6.54 Å². The summed E-state index contributed by atoms with van der Waals surface area (Å²) in [5.74, 6) is 0.409. The Morgan fingerprint density at radius 3 is 2.56 bits per heavy atom. The third-order valence-electron chi connectivity index (χ3n) is 3.69. The number of hydrogen-bond acceptors (Lipinski definition) is 3. The Bertz CT molecular complexity index is 238. The second-order valence-corrected chi connectivity index (χ2v) is 5.48. The molecule has 1 aliphatic rings. The Kier molecular flexibility index (Phi) is 4.78. The van der Waals surface area contributed by atoms with E-state index in [1.54, 1.807) is 0 Å². The second kappa shape index (κ2) is 5.67. The van der Waals surface area contributed by atoms with Gasteiger partial charge in [0.05, 0.1) is 5.41 Å². The zero-order chi connectivity index (χ0) is 12.2. The number of carbonyl (C=O) groups is 1. The molecule has 1 rings (SSSR count). The van der Waals surface area contributed by atoms with Crippen LogP contribution in [0.1, 0.15) is 52.9 Å². The standard InChI is InChI=1S/C13H25NO2/c1-4-10-7-5-6-8-11(10)16-12(15)13(2,3)9-14/h10-11H,4-9,14H2,1-3H3. The molecule has 0 amide bonds. The van der Waals surface area contributed by atoms with Crippen LogP contribution in [0.25, 0.3) is 0 Å². The molecule has 3 nitrogen and oxygen atoms in total. The van der Waals surface area contributed by atoms with Gasteiger partial charge in [0, 0.05) is 6.54 Å². The van der Waals surface area contributed by atoms with Gasteiger partial charge in [-0.15, -0.1) is 0 Å². The highest BCUT2D eigenvalue weighted by atomic mass is 16.5. The maximum Gasteiger partial charge on any atom is 0.313 e. The van der Waals surface area contributed by atoms with Gasteiger partial charge in [-0.3, -0.25) is 4.79 Å². The van der Waals surface area contributed by atoms with Gasteiger partial charge < -0.3 is 10.5 Å². The fourth-order valence-corrected chi connectivity index (χ4v) is 2.18. The Morgan fingerprint density at radius 2 is 2.00 bits per heavy atom. The Hall–Kier alpha value is -0.570. The van der Waals surface area contributed by atoms with E-state index in [1.165, 1.54) is 19.3 Å². The van der Waals surface area contributed by atoms with E-state index in [4.69, 9.17) is 10.5 Å². The number of rotatable bonds is 4. The summed E-state index contributed by atoms with van der Waals surface area (Å²) >= 11 is 0. The maximum absolute atomic E-state index is 11.9. The van der Waals surface area contributed by atoms with Gasteiger partial charge in [0.15, 0.2) is 0 Å². The first kappa shape index (κ1) is 13.5. The van der Waals surface area contributed by atoms with E-state index in [0.717, 1.165) is 12.8 Å². The first-order chi connectivity index (χ1) is 7.51. The van der Waals surface area contributed by atoms with E-state index in [2.05, 4.69) is 6.92 Å². The fourth-order valence-electron chi connectivity index (χ4n) is 2.18. The van der Waals surface area contributed by atoms with E-state index in [-0.39, 0.29) is 12.1 Å². The predicted molar refractivity (Wildman–Crippen MR) is 65.0 cm³/mol. The topological polar surface area (TPSA) is 52.3 Å². The lowest BCUT2D eigenvalue weighted by atomic mass is 9.84. The van der Waals surface area contributed by atoms with Crippen LogP contribution in [0.5, 0.6) is 0 Å². The Labute approximate surface area is 98.7 Å². The Morgan fingerprint density at radius 1 is 1.38 bits per heavy atom. The molecule has 3 heteroatoms. The largest absolute Gasteiger partial charge is 0.462 e. The summed E-state index contributed by atoms with van der Waals surface area (Å²) < 4.78 is 5.63. The smallest absolute Gasteiger partial charge is 0.313 e. The lowest BCUT2D eigenvalue weighted by Crippen LogP contribution is -2.39. The quantitative estimate of drug-likeness (QED) is 0.751. The molecule has 1 fully saturated rings. The zero-order valence-electron chi connectivity index (χ0n) is 10.8. The van der Waals surface area contributed by atoms with Crippen molar-refractivity contribution in [3.63, 3.8) is 0 Å². The third kappa shape index (κ3) is 3.21. The summed E-state index contributed by atoms with van der Waals surface area (Å²) in [7, 11) is 0. The molecule has 0 saturated heterocycles. The number of nitrogens with two attached hydrogens (primary N) is 1. The molecule has 2 unspecified atom stereocenters. The minimum Gasteiger partial charge on any atom is -0.462 e. The highest BCUT2D eigenvalue weighted by Crippen LogP contribution is 2.30. The highest BCUT2D eigenvalue weighted by molar-refractivity contribution is 5.76. The summed E-state index contributed by atoms with van der Waals surface area (Å²) in [6, 6.07) is 0.